The molecule has 138 valence electrons. The second-order valence-corrected chi connectivity index (χ2v) is 8.05. The summed E-state index contributed by atoms with van der Waals surface area (Å²) >= 11 is 0. The molecule has 0 unspecified atom stereocenters. The van der Waals surface area contributed by atoms with Crippen molar-refractivity contribution in [1.29, 1.82) is 0 Å². The molecule has 0 N–H and O–H groups in total. The Balaban J connectivity index is 1.71. The van der Waals surface area contributed by atoms with Crippen LogP contribution in [0.2, 0.25) is 0 Å². The molecule has 0 radical (unpaired) electrons. The van der Waals surface area contributed by atoms with Gasteiger partial charge in [0, 0.05) is 18.4 Å². The number of hydrogen-bond acceptors (Lipinski definition) is 5. The Labute approximate surface area is 152 Å². The van der Waals surface area contributed by atoms with Crippen molar-refractivity contribution in [3.05, 3.63) is 35.9 Å². The molecule has 2 atom stereocenters. The first-order valence-corrected chi connectivity index (χ1v) is 8.90. The predicted molar refractivity (Wildman–Crippen MR) is 94.4 cm³/mol. The summed E-state index contributed by atoms with van der Waals surface area (Å²) in [5.41, 5.74) is 0.0445. The lowest BCUT2D eigenvalue weighted by atomic mass is 9.69. The van der Waals surface area contributed by atoms with Gasteiger partial charge < -0.3 is 19.1 Å². The summed E-state index contributed by atoms with van der Waals surface area (Å²) < 4.78 is 16.5. The molecule has 1 amide bonds. The second kappa shape index (κ2) is 5.76. The van der Waals surface area contributed by atoms with E-state index >= 15 is 0 Å². The molecule has 2 aliphatic heterocycles. The van der Waals surface area contributed by atoms with Gasteiger partial charge in [0.25, 0.3) is 0 Å². The molecule has 6 heteroatoms. The second-order valence-electron chi connectivity index (χ2n) is 8.05. The summed E-state index contributed by atoms with van der Waals surface area (Å²) in [6.45, 7) is 6.30. The largest absolute Gasteiger partial charge is 0.454 e. The van der Waals surface area contributed by atoms with Crippen LogP contribution in [0.4, 0.5) is 4.79 Å². The fourth-order valence-corrected chi connectivity index (χ4v) is 4.05. The topological polar surface area (TPSA) is 65.1 Å². The molecule has 0 spiro atoms. The van der Waals surface area contributed by atoms with Gasteiger partial charge in [-0.1, -0.05) is 12.1 Å². The van der Waals surface area contributed by atoms with Gasteiger partial charge >= 0.3 is 6.09 Å². The van der Waals surface area contributed by atoms with Crippen LogP contribution in [-0.4, -0.2) is 41.8 Å². The summed E-state index contributed by atoms with van der Waals surface area (Å²) in [6.07, 6.45) is 4.25. The number of hydrogen-bond donors (Lipinski definition) is 0. The molecule has 0 aromatic heterocycles. The molecule has 0 bridgehead atoms. The van der Waals surface area contributed by atoms with E-state index in [9.17, 15) is 9.59 Å². The lowest BCUT2D eigenvalue weighted by Crippen LogP contribution is -2.48. The maximum atomic E-state index is 12.7. The number of ether oxygens (including phenoxy) is 3. The average molecular weight is 357 g/mol. The van der Waals surface area contributed by atoms with E-state index in [1.54, 1.807) is 11.0 Å². The zero-order valence-corrected chi connectivity index (χ0v) is 15.3. The molecule has 0 saturated carbocycles. The first-order valence-electron chi connectivity index (χ1n) is 8.90. The summed E-state index contributed by atoms with van der Waals surface area (Å²) in [6, 6.07) is 5.60. The van der Waals surface area contributed by atoms with E-state index in [1.807, 2.05) is 45.0 Å². The number of carbonyl (C=O) groups excluding carboxylic acids is 2. The number of amides is 1. The number of benzene rings is 1. The predicted octanol–water partition coefficient (Wildman–Crippen LogP) is 3.19. The molecule has 1 saturated heterocycles. The van der Waals surface area contributed by atoms with Crippen molar-refractivity contribution in [3.8, 4) is 11.5 Å². The summed E-state index contributed by atoms with van der Waals surface area (Å²) in [5.74, 6) is 1.46. The molecule has 2 heterocycles. The van der Waals surface area contributed by atoms with Crippen LogP contribution < -0.4 is 9.47 Å². The Bertz CT molecular complexity index is 794. The zero-order chi connectivity index (χ0) is 18.5. The van der Waals surface area contributed by atoms with Crippen molar-refractivity contribution < 1.29 is 23.8 Å². The Morgan fingerprint density at radius 1 is 1.27 bits per heavy atom. The van der Waals surface area contributed by atoms with E-state index in [1.165, 1.54) is 0 Å². The van der Waals surface area contributed by atoms with E-state index in [4.69, 9.17) is 14.2 Å². The summed E-state index contributed by atoms with van der Waals surface area (Å²) in [5, 5.41) is 0. The van der Waals surface area contributed by atoms with Crippen molar-refractivity contribution in [3.63, 3.8) is 0 Å². The Morgan fingerprint density at radius 2 is 2.04 bits per heavy atom. The van der Waals surface area contributed by atoms with E-state index in [-0.39, 0.29) is 24.7 Å². The van der Waals surface area contributed by atoms with Crippen molar-refractivity contribution in [2.24, 2.45) is 0 Å². The number of carbonyl (C=O) groups is 2. The van der Waals surface area contributed by atoms with Crippen LogP contribution in [0.1, 0.15) is 39.2 Å². The molecule has 3 aliphatic rings. The van der Waals surface area contributed by atoms with Gasteiger partial charge in [-0.25, -0.2) is 4.79 Å². The number of allylic oxidation sites excluding steroid dienone is 1. The minimum Gasteiger partial charge on any atom is -0.454 e. The average Bonchev–Trinajstić information content (AvgIpc) is 3.17. The van der Waals surface area contributed by atoms with Crippen molar-refractivity contribution in [2.75, 3.05) is 13.3 Å². The van der Waals surface area contributed by atoms with E-state index in [0.29, 0.717) is 18.7 Å². The van der Waals surface area contributed by atoms with Crippen LogP contribution in [-0.2, 0) is 14.9 Å². The first kappa shape index (κ1) is 16.9. The smallest absolute Gasteiger partial charge is 0.410 e. The van der Waals surface area contributed by atoms with Crippen molar-refractivity contribution in [2.45, 2.75) is 50.7 Å². The van der Waals surface area contributed by atoms with Crippen molar-refractivity contribution in [1.82, 2.24) is 4.90 Å². The SMILES string of the molecule is CC(C)(C)OC(=O)N1CC[C@@]2(c3ccc4c(c3)OCO4)C=CC(=O)C[C@@H]12. The Morgan fingerprint density at radius 3 is 2.81 bits per heavy atom. The quantitative estimate of drug-likeness (QED) is 0.772. The molecular weight excluding hydrogens is 334 g/mol. The van der Waals surface area contributed by atoms with Crippen LogP contribution in [0.15, 0.2) is 30.4 Å². The van der Waals surface area contributed by atoms with E-state index < -0.39 is 11.0 Å². The molecular formula is C20H23NO5. The van der Waals surface area contributed by atoms with Gasteiger partial charge in [-0.05, 0) is 51.0 Å². The number of ketones is 1. The lowest BCUT2D eigenvalue weighted by molar-refractivity contribution is -0.116. The number of likely N-dealkylation sites (tertiary alicyclic amines) is 1. The zero-order valence-electron chi connectivity index (χ0n) is 15.3. The normalized spacial score (nSPS) is 26.8. The van der Waals surface area contributed by atoms with Crippen LogP contribution >= 0.6 is 0 Å². The van der Waals surface area contributed by atoms with Gasteiger partial charge in [0.2, 0.25) is 6.79 Å². The standard InChI is InChI=1S/C20H23NO5/c1-19(2,3)26-18(23)21-9-8-20(7-6-14(22)11-17(20)21)13-4-5-15-16(10-13)25-12-24-15/h4-7,10,17H,8-9,11-12H2,1-3H3/t17-,20-/m1/s1. The third-order valence-corrected chi connectivity index (χ3v) is 5.24. The summed E-state index contributed by atoms with van der Waals surface area (Å²) in [7, 11) is 0. The van der Waals surface area contributed by atoms with E-state index in [2.05, 4.69) is 0 Å². The third kappa shape index (κ3) is 2.73. The molecule has 1 aromatic carbocycles. The lowest BCUT2D eigenvalue weighted by Gasteiger charge is -2.38. The number of nitrogens with zero attached hydrogens (tertiary/aromatic N) is 1. The van der Waals surface area contributed by atoms with Crippen LogP contribution in [0, 0.1) is 0 Å². The highest BCUT2D eigenvalue weighted by Gasteiger charge is 2.52. The van der Waals surface area contributed by atoms with Gasteiger partial charge in [-0.2, -0.15) is 0 Å². The molecule has 4 rings (SSSR count). The Kier molecular flexibility index (Phi) is 3.75. The maximum Gasteiger partial charge on any atom is 0.410 e. The fraction of sp³-hybridized carbons (Fsp3) is 0.500. The van der Waals surface area contributed by atoms with Gasteiger partial charge in [0.15, 0.2) is 17.3 Å². The van der Waals surface area contributed by atoms with Gasteiger partial charge in [0.1, 0.15) is 5.60 Å². The maximum absolute atomic E-state index is 12.7. The minimum absolute atomic E-state index is 0.0295. The van der Waals surface area contributed by atoms with Gasteiger partial charge in [-0.3, -0.25) is 4.79 Å². The Hall–Kier alpha value is -2.50. The molecule has 1 aliphatic carbocycles. The molecule has 1 fully saturated rings. The van der Waals surface area contributed by atoms with Gasteiger partial charge in [0.05, 0.1) is 6.04 Å². The van der Waals surface area contributed by atoms with Crippen LogP contribution in [0.5, 0.6) is 11.5 Å². The fourth-order valence-electron chi connectivity index (χ4n) is 4.05. The van der Waals surface area contributed by atoms with Crippen molar-refractivity contribution >= 4 is 11.9 Å². The third-order valence-electron chi connectivity index (χ3n) is 5.24. The first-order chi connectivity index (χ1) is 12.3. The number of fused-ring (bicyclic) bond motifs is 2. The van der Waals surface area contributed by atoms with Crippen LogP contribution in [0.25, 0.3) is 0 Å². The van der Waals surface area contributed by atoms with Crippen LogP contribution in [0.3, 0.4) is 0 Å². The highest BCUT2D eigenvalue weighted by atomic mass is 16.7. The minimum atomic E-state index is -0.574. The highest BCUT2D eigenvalue weighted by molar-refractivity contribution is 5.92. The number of rotatable bonds is 1. The highest BCUT2D eigenvalue weighted by Crippen LogP contribution is 2.47. The van der Waals surface area contributed by atoms with Gasteiger partial charge in [-0.15, -0.1) is 0 Å². The molecule has 26 heavy (non-hydrogen) atoms. The monoisotopic (exact) mass is 357 g/mol. The van der Waals surface area contributed by atoms with E-state index in [0.717, 1.165) is 17.7 Å². The summed E-state index contributed by atoms with van der Waals surface area (Å²) in [4.78, 5) is 26.5. The molecule has 1 aromatic rings. The molecule has 6 nitrogen and oxygen atoms in total.